The number of benzene rings is 2. The van der Waals surface area contributed by atoms with Crippen LogP contribution in [0, 0.1) is 11.8 Å². The lowest BCUT2D eigenvalue weighted by Crippen LogP contribution is -2.46. The van der Waals surface area contributed by atoms with Crippen molar-refractivity contribution in [2.45, 2.75) is 44.7 Å². The van der Waals surface area contributed by atoms with E-state index in [1.165, 1.54) is 7.11 Å². The fourth-order valence-electron chi connectivity index (χ4n) is 4.72. The first kappa shape index (κ1) is 26.3. The number of fused-ring (bicyclic) bond motifs is 1. The lowest BCUT2D eigenvalue weighted by atomic mass is 9.87. The number of likely N-dealkylation sites (tertiary alicyclic amines) is 1. The van der Waals surface area contributed by atoms with Crippen molar-refractivity contribution in [3.8, 4) is 5.75 Å². The van der Waals surface area contributed by atoms with Crippen molar-refractivity contribution >= 4 is 29.1 Å². The first-order valence-corrected chi connectivity index (χ1v) is 11.8. The van der Waals surface area contributed by atoms with Crippen molar-refractivity contribution in [3.05, 3.63) is 59.7 Å². The number of hydrogen-bond donors (Lipinski definition) is 1. The molecule has 1 saturated heterocycles. The largest absolute Gasteiger partial charge is 0.497 e. The molecule has 0 aromatic heterocycles. The first-order chi connectivity index (χ1) is 17.7. The Kier molecular flexibility index (Phi) is 7.89. The van der Waals surface area contributed by atoms with Crippen molar-refractivity contribution in [2.24, 2.45) is 16.8 Å². The van der Waals surface area contributed by atoms with Crippen LogP contribution in [0.1, 0.15) is 36.8 Å². The van der Waals surface area contributed by atoms with Crippen LogP contribution in [0.15, 0.2) is 53.5 Å². The number of alkyl halides is 4. The SMILES string of the molecule is COc1ccc2c(c1)C(c1ccccc1)=N[C@@H](N1C(=O)C(CCC(F)F)C(CCC(F)F)C1=O)C(=O)N2. The first-order valence-electron chi connectivity index (χ1n) is 11.8. The average Bonchev–Trinajstić information content (AvgIpc) is 3.01. The second-order valence-corrected chi connectivity index (χ2v) is 8.81. The summed E-state index contributed by atoms with van der Waals surface area (Å²) < 4.78 is 57.1. The molecule has 2 unspecified atom stereocenters. The van der Waals surface area contributed by atoms with E-state index in [9.17, 15) is 31.9 Å². The normalized spacial score (nSPS) is 21.7. The second kappa shape index (κ2) is 11.1. The number of amides is 3. The predicted octanol–water partition coefficient (Wildman–Crippen LogP) is 4.50. The van der Waals surface area contributed by atoms with Crippen molar-refractivity contribution in [1.29, 1.82) is 0 Å². The monoisotopic (exact) mass is 519 g/mol. The van der Waals surface area contributed by atoms with Crippen LogP contribution in [-0.4, -0.2) is 54.5 Å². The van der Waals surface area contributed by atoms with E-state index in [4.69, 9.17) is 4.74 Å². The maximum atomic E-state index is 13.4. The summed E-state index contributed by atoms with van der Waals surface area (Å²) in [4.78, 5) is 45.2. The highest BCUT2D eigenvalue weighted by Crippen LogP contribution is 2.37. The van der Waals surface area contributed by atoms with Gasteiger partial charge in [0.2, 0.25) is 30.8 Å². The van der Waals surface area contributed by atoms with Gasteiger partial charge in [-0.2, -0.15) is 0 Å². The lowest BCUT2D eigenvalue weighted by Gasteiger charge is -2.22. The number of nitrogens with zero attached hydrogens (tertiary/aromatic N) is 2. The summed E-state index contributed by atoms with van der Waals surface area (Å²) >= 11 is 0. The molecular formula is C26H25F4N3O4. The van der Waals surface area contributed by atoms with Crippen molar-refractivity contribution in [2.75, 3.05) is 12.4 Å². The molecule has 3 atom stereocenters. The number of halogens is 4. The molecule has 37 heavy (non-hydrogen) atoms. The highest BCUT2D eigenvalue weighted by atomic mass is 19.3. The van der Waals surface area contributed by atoms with Crippen molar-refractivity contribution in [3.63, 3.8) is 0 Å². The number of ether oxygens (including phenoxy) is 1. The quantitative estimate of drug-likeness (QED) is 0.390. The van der Waals surface area contributed by atoms with Crippen LogP contribution >= 0.6 is 0 Å². The summed E-state index contributed by atoms with van der Waals surface area (Å²) in [6, 6.07) is 13.6. The zero-order valence-corrected chi connectivity index (χ0v) is 19.9. The van der Waals surface area contributed by atoms with E-state index >= 15 is 0 Å². The second-order valence-electron chi connectivity index (χ2n) is 8.81. The number of imide groups is 1. The Labute approximate surface area is 210 Å². The number of methoxy groups -OCH3 is 1. The highest BCUT2D eigenvalue weighted by Gasteiger charge is 2.52. The molecule has 196 valence electrons. The van der Waals surface area contributed by atoms with E-state index in [0.717, 1.165) is 0 Å². The molecule has 0 aliphatic carbocycles. The molecule has 0 radical (unpaired) electrons. The minimum Gasteiger partial charge on any atom is -0.497 e. The van der Waals surface area contributed by atoms with Crippen LogP contribution in [0.5, 0.6) is 5.75 Å². The molecule has 4 rings (SSSR count). The predicted molar refractivity (Wildman–Crippen MR) is 127 cm³/mol. The van der Waals surface area contributed by atoms with Crippen LogP contribution in [0.3, 0.4) is 0 Å². The zero-order valence-electron chi connectivity index (χ0n) is 19.9. The third-order valence-electron chi connectivity index (χ3n) is 6.50. The molecule has 11 heteroatoms. The van der Waals surface area contributed by atoms with Crippen LogP contribution in [0.25, 0.3) is 0 Å². The van der Waals surface area contributed by atoms with E-state index in [-0.39, 0.29) is 12.8 Å². The Bertz CT molecular complexity index is 1180. The molecule has 2 heterocycles. The smallest absolute Gasteiger partial charge is 0.270 e. The Morgan fingerprint density at radius 2 is 1.51 bits per heavy atom. The van der Waals surface area contributed by atoms with Crippen LogP contribution < -0.4 is 10.1 Å². The number of carbonyl (C=O) groups excluding carboxylic acids is 3. The standard InChI is InChI=1S/C26H25F4N3O4/c1-37-15-7-10-19-18(13-15)22(14-5-3-2-4-6-14)32-23(24(34)31-19)33-25(35)16(8-11-20(27)28)17(26(33)36)9-12-21(29)30/h2-7,10,13,16-17,20-21,23H,8-9,11-12H2,1H3,(H,31,34)/t16?,17?,23-/m0/s1. The molecule has 0 bridgehead atoms. The molecule has 0 saturated carbocycles. The third-order valence-corrected chi connectivity index (χ3v) is 6.50. The Morgan fingerprint density at radius 3 is 2.05 bits per heavy atom. The van der Waals surface area contributed by atoms with Gasteiger partial charge in [0, 0.05) is 24.0 Å². The summed E-state index contributed by atoms with van der Waals surface area (Å²) in [5.41, 5.74) is 1.71. The van der Waals surface area contributed by atoms with Crippen LogP contribution in [-0.2, 0) is 14.4 Å². The number of carbonyl (C=O) groups is 3. The molecule has 1 fully saturated rings. The Morgan fingerprint density at radius 1 is 0.919 bits per heavy atom. The number of nitrogens with one attached hydrogen (secondary N) is 1. The van der Waals surface area contributed by atoms with E-state index in [2.05, 4.69) is 10.3 Å². The molecule has 2 aromatic rings. The van der Waals surface area contributed by atoms with E-state index in [0.29, 0.717) is 33.2 Å². The van der Waals surface area contributed by atoms with Gasteiger partial charge >= 0.3 is 0 Å². The number of aliphatic imine (C=N–C) groups is 1. The molecule has 2 aromatic carbocycles. The number of benzodiazepines with no additional fused rings is 1. The minimum atomic E-state index is -2.74. The third kappa shape index (κ3) is 5.50. The van der Waals surface area contributed by atoms with Gasteiger partial charge in [-0.25, -0.2) is 27.5 Å². The Balaban J connectivity index is 1.78. The van der Waals surface area contributed by atoms with Gasteiger partial charge in [0.15, 0.2) is 0 Å². The summed E-state index contributed by atoms with van der Waals surface area (Å²) in [6.45, 7) is 0. The molecule has 3 amide bonds. The van der Waals surface area contributed by atoms with Gasteiger partial charge in [-0.05, 0) is 31.0 Å². The molecule has 1 N–H and O–H groups in total. The maximum Gasteiger partial charge on any atom is 0.270 e. The number of anilines is 1. The topological polar surface area (TPSA) is 88.1 Å². The van der Waals surface area contributed by atoms with Gasteiger partial charge < -0.3 is 10.1 Å². The van der Waals surface area contributed by atoms with Gasteiger partial charge in [0.05, 0.1) is 30.3 Å². The summed E-state index contributed by atoms with van der Waals surface area (Å²) in [5, 5.41) is 2.68. The van der Waals surface area contributed by atoms with Crippen LogP contribution in [0.2, 0.25) is 0 Å². The Hall–Kier alpha value is -3.76. The summed E-state index contributed by atoms with van der Waals surface area (Å²) in [5.74, 6) is -4.54. The fraction of sp³-hybridized carbons (Fsp3) is 0.385. The summed E-state index contributed by atoms with van der Waals surface area (Å²) in [6.07, 6.45) is -9.21. The molecular weight excluding hydrogens is 494 g/mol. The molecule has 2 aliphatic heterocycles. The van der Waals surface area contributed by atoms with Crippen molar-refractivity contribution < 1.29 is 36.7 Å². The van der Waals surface area contributed by atoms with Crippen molar-refractivity contribution in [1.82, 2.24) is 4.90 Å². The molecule has 0 spiro atoms. The van der Waals surface area contributed by atoms with E-state index in [1.54, 1.807) is 48.5 Å². The van der Waals surface area contributed by atoms with E-state index in [1.807, 2.05) is 0 Å². The van der Waals surface area contributed by atoms with Crippen LogP contribution in [0.4, 0.5) is 23.2 Å². The summed E-state index contributed by atoms with van der Waals surface area (Å²) in [7, 11) is 1.47. The fourth-order valence-corrected chi connectivity index (χ4v) is 4.72. The lowest BCUT2D eigenvalue weighted by molar-refractivity contribution is -0.146. The van der Waals surface area contributed by atoms with E-state index < -0.39 is 61.4 Å². The van der Waals surface area contributed by atoms with Gasteiger partial charge in [-0.1, -0.05) is 30.3 Å². The maximum absolute atomic E-state index is 13.4. The number of hydrogen-bond acceptors (Lipinski definition) is 5. The zero-order chi connectivity index (χ0) is 26.7. The molecule has 7 nitrogen and oxygen atoms in total. The van der Waals surface area contributed by atoms with Gasteiger partial charge in [0.1, 0.15) is 5.75 Å². The highest BCUT2D eigenvalue weighted by molar-refractivity contribution is 6.21. The average molecular weight is 519 g/mol. The number of rotatable bonds is 9. The van der Waals surface area contributed by atoms with Gasteiger partial charge in [-0.3, -0.25) is 14.4 Å². The van der Waals surface area contributed by atoms with Gasteiger partial charge in [0.25, 0.3) is 5.91 Å². The minimum absolute atomic E-state index is 0.290. The molecule has 2 aliphatic rings. The van der Waals surface area contributed by atoms with Gasteiger partial charge in [-0.15, -0.1) is 0 Å².